The zero-order chi connectivity index (χ0) is 24.7. The van der Waals surface area contributed by atoms with Crippen LogP contribution in [0.3, 0.4) is 0 Å². The molecule has 4 rings (SSSR count). The molecule has 2 N–H and O–H groups in total. The standard InChI is InChI=1S/C23H18Cl2F3N3O2S.ClH/c1-29-12-14-13-31(34(32,33)18-4-2-3-15(24)9-18)22-11-17(6-7-19(14)22)30-21-8-5-16(25)10-20(21)23(26,27)28;/h2-11,13,29-30H,12H2,1H3;1H. The van der Waals surface area contributed by atoms with Crippen LogP contribution in [0.5, 0.6) is 0 Å². The monoisotopic (exact) mass is 563 g/mol. The Morgan fingerprint density at radius 1 is 0.971 bits per heavy atom. The minimum atomic E-state index is -4.63. The molecule has 0 saturated carbocycles. The molecule has 186 valence electrons. The van der Waals surface area contributed by atoms with E-state index in [1.807, 2.05) is 0 Å². The quantitative estimate of drug-likeness (QED) is 0.262. The molecule has 0 unspecified atom stereocenters. The summed E-state index contributed by atoms with van der Waals surface area (Å²) in [5, 5.41) is 6.58. The van der Waals surface area contributed by atoms with Crippen LogP contribution >= 0.6 is 35.6 Å². The molecule has 3 aromatic carbocycles. The molecule has 5 nitrogen and oxygen atoms in total. The van der Waals surface area contributed by atoms with Crippen molar-refractivity contribution in [2.45, 2.75) is 17.6 Å². The van der Waals surface area contributed by atoms with Crippen LogP contribution in [0.25, 0.3) is 10.9 Å². The molecular weight excluding hydrogens is 546 g/mol. The second-order valence-corrected chi connectivity index (χ2v) is 10.2. The summed E-state index contributed by atoms with van der Waals surface area (Å²) in [4.78, 5) is -0.0108. The maximum atomic E-state index is 13.5. The Balaban J connectivity index is 0.00000342. The van der Waals surface area contributed by atoms with E-state index < -0.39 is 21.8 Å². The van der Waals surface area contributed by atoms with Crippen LogP contribution in [0, 0.1) is 0 Å². The summed E-state index contributed by atoms with van der Waals surface area (Å²) >= 11 is 11.8. The van der Waals surface area contributed by atoms with Crippen LogP contribution in [0.15, 0.2) is 71.8 Å². The van der Waals surface area contributed by atoms with Crippen LogP contribution in [0.2, 0.25) is 10.0 Å². The zero-order valence-electron chi connectivity index (χ0n) is 18.0. The lowest BCUT2D eigenvalue weighted by molar-refractivity contribution is -0.136. The maximum Gasteiger partial charge on any atom is 0.418 e. The first-order valence-electron chi connectivity index (χ1n) is 9.94. The van der Waals surface area contributed by atoms with Gasteiger partial charge in [-0.25, -0.2) is 12.4 Å². The number of halogens is 6. The predicted molar refractivity (Wildman–Crippen MR) is 136 cm³/mol. The first-order chi connectivity index (χ1) is 16.0. The Kier molecular flexibility index (Phi) is 7.98. The number of rotatable bonds is 6. The lowest BCUT2D eigenvalue weighted by Gasteiger charge is -2.15. The molecule has 0 amide bonds. The van der Waals surface area contributed by atoms with Crippen molar-refractivity contribution in [2.75, 3.05) is 12.4 Å². The van der Waals surface area contributed by atoms with E-state index in [-0.39, 0.29) is 38.7 Å². The minimum absolute atomic E-state index is 0. The molecule has 1 aromatic heterocycles. The summed E-state index contributed by atoms with van der Waals surface area (Å²) in [6.07, 6.45) is -3.14. The van der Waals surface area contributed by atoms with Crippen molar-refractivity contribution in [1.82, 2.24) is 9.29 Å². The molecule has 0 atom stereocenters. The van der Waals surface area contributed by atoms with Crippen LogP contribution < -0.4 is 10.6 Å². The number of hydrogen-bond donors (Lipinski definition) is 2. The van der Waals surface area contributed by atoms with E-state index in [0.29, 0.717) is 23.0 Å². The second kappa shape index (κ2) is 10.3. The maximum absolute atomic E-state index is 13.5. The third-order valence-corrected chi connectivity index (χ3v) is 7.28. The molecule has 4 aromatic rings. The van der Waals surface area contributed by atoms with E-state index in [1.165, 1.54) is 42.6 Å². The van der Waals surface area contributed by atoms with E-state index in [1.54, 1.807) is 25.2 Å². The van der Waals surface area contributed by atoms with Crippen molar-refractivity contribution in [3.05, 3.63) is 88.0 Å². The molecule has 0 fully saturated rings. The van der Waals surface area contributed by atoms with Gasteiger partial charge in [0, 0.05) is 33.9 Å². The van der Waals surface area contributed by atoms with Gasteiger partial charge in [-0.1, -0.05) is 35.3 Å². The van der Waals surface area contributed by atoms with Crippen molar-refractivity contribution >= 4 is 67.9 Å². The van der Waals surface area contributed by atoms with Crippen LogP contribution in [0.1, 0.15) is 11.1 Å². The first-order valence-corrected chi connectivity index (χ1v) is 12.1. The Labute approximate surface area is 216 Å². The smallest absolute Gasteiger partial charge is 0.355 e. The molecule has 0 bridgehead atoms. The van der Waals surface area contributed by atoms with Gasteiger partial charge >= 0.3 is 6.18 Å². The number of benzene rings is 3. The van der Waals surface area contributed by atoms with Crippen molar-refractivity contribution in [2.24, 2.45) is 0 Å². The summed E-state index contributed by atoms with van der Waals surface area (Å²) in [5.41, 5.74) is 0.146. The Morgan fingerprint density at radius 3 is 2.34 bits per heavy atom. The van der Waals surface area contributed by atoms with Gasteiger partial charge in [0.25, 0.3) is 10.0 Å². The van der Waals surface area contributed by atoms with Crippen molar-refractivity contribution in [3.8, 4) is 0 Å². The fourth-order valence-electron chi connectivity index (χ4n) is 3.63. The van der Waals surface area contributed by atoms with Gasteiger partial charge in [0.15, 0.2) is 0 Å². The number of alkyl halides is 3. The highest BCUT2D eigenvalue weighted by Crippen LogP contribution is 2.38. The van der Waals surface area contributed by atoms with Crippen LogP contribution in [-0.2, 0) is 22.7 Å². The van der Waals surface area contributed by atoms with Crippen LogP contribution in [0.4, 0.5) is 24.5 Å². The van der Waals surface area contributed by atoms with Gasteiger partial charge in [-0.2, -0.15) is 13.2 Å². The van der Waals surface area contributed by atoms with Gasteiger partial charge in [-0.3, -0.25) is 0 Å². The highest BCUT2D eigenvalue weighted by Gasteiger charge is 2.34. The van der Waals surface area contributed by atoms with Gasteiger partial charge < -0.3 is 10.6 Å². The van der Waals surface area contributed by atoms with Gasteiger partial charge in [0.1, 0.15) is 0 Å². The van der Waals surface area contributed by atoms with Gasteiger partial charge in [-0.15, -0.1) is 12.4 Å². The third-order valence-electron chi connectivity index (χ3n) is 5.14. The summed E-state index contributed by atoms with van der Waals surface area (Å²) in [6, 6.07) is 14.0. The van der Waals surface area contributed by atoms with Gasteiger partial charge in [0.05, 0.1) is 21.7 Å². The average molecular weight is 565 g/mol. The van der Waals surface area contributed by atoms with Gasteiger partial charge in [-0.05, 0) is 61.1 Å². The molecule has 0 radical (unpaired) electrons. The normalized spacial score (nSPS) is 11.9. The minimum Gasteiger partial charge on any atom is -0.355 e. The van der Waals surface area contributed by atoms with Crippen molar-refractivity contribution in [1.29, 1.82) is 0 Å². The summed E-state index contributed by atoms with van der Waals surface area (Å²) in [5.74, 6) is 0. The molecule has 12 heteroatoms. The molecule has 0 saturated heterocycles. The predicted octanol–water partition coefficient (Wildman–Crippen LogP) is 7.09. The highest BCUT2D eigenvalue weighted by molar-refractivity contribution is 7.90. The van der Waals surface area contributed by atoms with Crippen molar-refractivity contribution in [3.63, 3.8) is 0 Å². The average Bonchev–Trinajstić information content (AvgIpc) is 3.13. The zero-order valence-corrected chi connectivity index (χ0v) is 21.2. The summed E-state index contributed by atoms with van der Waals surface area (Å²) < 4.78 is 68.5. The van der Waals surface area contributed by atoms with E-state index in [4.69, 9.17) is 23.2 Å². The summed E-state index contributed by atoms with van der Waals surface area (Å²) in [6.45, 7) is 0.386. The van der Waals surface area contributed by atoms with Gasteiger partial charge in [0.2, 0.25) is 0 Å². The number of aromatic nitrogens is 1. The Bertz CT molecular complexity index is 1490. The van der Waals surface area contributed by atoms with E-state index in [9.17, 15) is 21.6 Å². The second-order valence-electron chi connectivity index (χ2n) is 7.49. The third kappa shape index (κ3) is 5.54. The molecule has 1 heterocycles. The lowest BCUT2D eigenvalue weighted by atomic mass is 10.1. The topological polar surface area (TPSA) is 63.1 Å². The number of anilines is 2. The fourth-order valence-corrected chi connectivity index (χ4v) is 5.49. The first kappa shape index (κ1) is 27.2. The van der Waals surface area contributed by atoms with E-state index in [2.05, 4.69) is 10.6 Å². The van der Waals surface area contributed by atoms with E-state index >= 15 is 0 Å². The number of nitrogens with zero attached hydrogens (tertiary/aromatic N) is 1. The molecule has 0 aliphatic rings. The molecular formula is C23H19Cl3F3N3O2S. The highest BCUT2D eigenvalue weighted by atomic mass is 35.5. The van der Waals surface area contributed by atoms with E-state index in [0.717, 1.165) is 10.0 Å². The molecule has 0 aliphatic carbocycles. The Hall–Kier alpha value is -2.43. The Morgan fingerprint density at radius 2 is 1.69 bits per heavy atom. The van der Waals surface area contributed by atoms with Crippen molar-refractivity contribution < 1.29 is 21.6 Å². The molecule has 0 spiro atoms. The molecule has 0 aliphatic heterocycles. The SMILES string of the molecule is CNCc1cn(S(=O)(=O)c2cccc(Cl)c2)c2cc(Nc3ccc(Cl)cc3C(F)(F)F)ccc12.Cl. The number of hydrogen-bond acceptors (Lipinski definition) is 4. The number of fused-ring (bicyclic) bond motifs is 1. The fraction of sp³-hybridized carbons (Fsp3) is 0.130. The molecule has 35 heavy (non-hydrogen) atoms. The van der Waals surface area contributed by atoms with Crippen LogP contribution in [-0.4, -0.2) is 19.4 Å². The largest absolute Gasteiger partial charge is 0.418 e. The summed E-state index contributed by atoms with van der Waals surface area (Å²) in [7, 11) is -2.31. The lowest BCUT2D eigenvalue weighted by Crippen LogP contribution is -2.12. The number of nitrogens with one attached hydrogen (secondary N) is 2.